The Labute approximate surface area is 157 Å². The maximum Gasteiger partial charge on any atom is 0.329 e. The van der Waals surface area contributed by atoms with Gasteiger partial charge in [-0.3, -0.25) is 10.1 Å². The number of esters is 1. The number of nitrogens with one attached hydrogen (secondary N) is 3. The van der Waals surface area contributed by atoms with Crippen molar-refractivity contribution in [2.24, 2.45) is 5.73 Å². The third kappa shape index (κ3) is 8.41. The monoisotopic (exact) mass is 388 g/mol. The van der Waals surface area contributed by atoms with Crippen molar-refractivity contribution >= 4 is 35.7 Å². The van der Waals surface area contributed by atoms with E-state index in [0.29, 0.717) is 12.2 Å². The third-order valence-corrected chi connectivity index (χ3v) is 4.69. The van der Waals surface area contributed by atoms with E-state index in [-0.39, 0.29) is 6.04 Å². The first-order chi connectivity index (χ1) is 12.3. The molecular weight excluding hydrogens is 360 g/mol. The van der Waals surface area contributed by atoms with E-state index in [1.165, 1.54) is 18.7 Å². The van der Waals surface area contributed by atoms with Crippen molar-refractivity contribution < 1.29 is 23.9 Å². The van der Waals surface area contributed by atoms with Gasteiger partial charge in [-0.15, -0.1) is 0 Å². The molecule has 0 radical (unpaired) electrons. The highest BCUT2D eigenvalue weighted by molar-refractivity contribution is 7.98. The molecule has 0 saturated heterocycles. The van der Waals surface area contributed by atoms with Gasteiger partial charge in [0, 0.05) is 6.04 Å². The number of carbonyl (C=O) groups is 4. The van der Waals surface area contributed by atoms with Crippen LogP contribution >= 0.6 is 11.8 Å². The second-order valence-electron chi connectivity index (χ2n) is 6.22. The topological polar surface area (TPSA) is 140 Å². The van der Waals surface area contributed by atoms with Crippen LogP contribution in [-0.2, 0) is 14.3 Å². The average Bonchev–Trinajstić information content (AvgIpc) is 2.58. The van der Waals surface area contributed by atoms with Crippen LogP contribution in [0.1, 0.15) is 45.4 Å². The van der Waals surface area contributed by atoms with E-state index in [1.54, 1.807) is 0 Å². The zero-order chi connectivity index (χ0) is 19.5. The number of hydrogen-bond acceptors (Lipinski definition) is 6. The van der Waals surface area contributed by atoms with Crippen molar-refractivity contribution in [3.8, 4) is 0 Å². The molecule has 1 aliphatic rings. The average molecular weight is 388 g/mol. The summed E-state index contributed by atoms with van der Waals surface area (Å²) in [4.78, 5) is 47.0. The molecule has 0 aromatic carbocycles. The fraction of sp³-hybridized carbons (Fsp3) is 0.750. The smallest absolute Gasteiger partial charge is 0.329 e. The van der Waals surface area contributed by atoms with Gasteiger partial charge in [0.05, 0.1) is 0 Å². The molecule has 1 fully saturated rings. The highest BCUT2D eigenvalue weighted by atomic mass is 32.2. The Kier molecular flexibility index (Phi) is 9.85. The maximum absolute atomic E-state index is 12.1. The number of primary amides is 1. The molecule has 0 aliphatic heterocycles. The Bertz CT molecular complexity index is 511. The predicted octanol–water partition coefficient (Wildman–Crippen LogP) is 0.867. The van der Waals surface area contributed by atoms with Gasteiger partial charge in [-0.05, 0) is 38.2 Å². The standard InChI is InChI=1S/C16H28N4O5S/c1-10(25-14(22)12(8-9-26-2)19-15(17)23)13(21)20-16(24)18-11-6-4-3-5-7-11/h10-12H,3-9H2,1-2H3,(H3,17,19,23)(H2,18,20,21,24)/t10-,12-/m1/s1. The number of nitrogens with two attached hydrogens (primary N) is 1. The molecule has 0 spiro atoms. The number of rotatable bonds is 8. The van der Waals surface area contributed by atoms with Gasteiger partial charge in [0.15, 0.2) is 6.10 Å². The molecule has 1 saturated carbocycles. The molecule has 5 N–H and O–H groups in total. The van der Waals surface area contributed by atoms with Crippen molar-refractivity contribution in [2.45, 2.75) is 63.6 Å². The Morgan fingerprint density at radius 2 is 1.85 bits per heavy atom. The number of carbonyl (C=O) groups excluding carboxylic acids is 4. The summed E-state index contributed by atoms with van der Waals surface area (Å²) in [6, 6.07) is -2.33. The van der Waals surface area contributed by atoms with E-state index in [2.05, 4.69) is 16.0 Å². The SMILES string of the molecule is CSCC[C@@H](NC(N)=O)C(=O)O[C@H](C)C(=O)NC(=O)NC1CCCCC1. The fourth-order valence-electron chi connectivity index (χ4n) is 2.65. The maximum atomic E-state index is 12.1. The quantitative estimate of drug-likeness (QED) is 0.455. The normalized spacial score (nSPS) is 16.8. The zero-order valence-corrected chi connectivity index (χ0v) is 16.0. The lowest BCUT2D eigenvalue weighted by molar-refractivity contribution is -0.156. The van der Waals surface area contributed by atoms with Gasteiger partial charge < -0.3 is 21.1 Å². The molecule has 5 amide bonds. The number of amides is 5. The predicted molar refractivity (Wildman–Crippen MR) is 98.6 cm³/mol. The second-order valence-corrected chi connectivity index (χ2v) is 7.21. The Balaban J connectivity index is 2.45. The number of urea groups is 2. The minimum absolute atomic E-state index is 0.0603. The van der Waals surface area contributed by atoms with Gasteiger partial charge in [0.25, 0.3) is 5.91 Å². The second kappa shape index (κ2) is 11.6. The Morgan fingerprint density at radius 1 is 1.19 bits per heavy atom. The van der Waals surface area contributed by atoms with Crippen LogP contribution in [-0.4, -0.2) is 54.1 Å². The molecule has 0 unspecified atom stereocenters. The number of ether oxygens (including phenoxy) is 1. The molecule has 0 heterocycles. The van der Waals surface area contributed by atoms with Crippen LogP contribution in [0.5, 0.6) is 0 Å². The molecule has 148 valence electrons. The zero-order valence-electron chi connectivity index (χ0n) is 15.2. The van der Waals surface area contributed by atoms with Crippen LogP contribution in [0.4, 0.5) is 9.59 Å². The van der Waals surface area contributed by atoms with Crippen LogP contribution < -0.4 is 21.7 Å². The summed E-state index contributed by atoms with van der Waals surface area (Å²) in [5, 5.41) is 7.21. The summed E-state index contributed by atoms with van der Waals surface area (Å²) >= 11 is 1.49. The fourth-order valence-corrected chi connectivity index (χ4v) is 3.12. The highest BCUT2D eigenvalue weighted by Crippen LogP contribution is 2.17. The lowest BCUT2D eigenvalue weighted by Gasteiger charge is -2.23. The minimum Gasteiger partial charge on any atom is -0.451 e. The Morgan fingerprint density at radius 3 is 2.42 bits per heavy atom. The van der Waals surface area contributed by atoms with Crippen molar-refractivity contribution in [3.63, 3.8) is 0 Å². The number of imide groups is 1. The molecular formula is C16H28N4O5S. The first-order valence-corrected chi connectivity index (χ1v) is 10.1. The molecule has 0 aromatic rings. The van der Waals surface area contributed by atoms with Crippen LogP contribution in [0.2, 0.25) is 0 Å². The Hall–Kier alpha value is -1.97. The molecule has 0 bridgehead atoms. The molecule has 26 heavy (non-hydrogen) atoms. The summed E-state index contributed by atoms with van der Waals surface area (Å²) in [7, 11) is 0. The van der Waals surface area contributed by atoms with E-state index in [1.807, 2.05) is 6.26 Å². The van der Waals surface area contributed by atoms with Crippen molar-refractivity contribution in [3.05, 3.63) is 0 Å². The third-order valence-electron chi connectivity index (χ3n) is 4.05. The molecule has 0 aromatic heterocycles. The van der Waals surface area contributed by atoms with Gasteiger partial charge in [0.2, 0.25) is 0 Å². The first-order valence-electron chi connectivity index (χ1n) is 8.70. The van der Waals surface area contributed by atoms with Gasteiger partial charge in [0.1, 0.15) is 6.04 Å². The van der Waals surface area contributed by atoms with Crippen LogP contribution in [0.3, 0.4) is 0 Å². The van der Waals surface area contributed by atoms with E-state index < -0.39 is 36.1 Å². The van der Waals surface area contributed by atoms with Gasteiger partial charge in [-0.25, -0.2) is 14.4 Å². The summed E-state index contributed by atoms with van der Waals surface area (Å²) in [5.41, 5.74) is 5.05. The molecule has 9 nitrogen and oxygen atoms in total. The molecule has 1 rings (SSSR count). The lowest BCUT2D eigenvalue weighted by Crippen LogP contribution is -2.50. The van der Waals surface area contributed by atoms with Crippen molar-refractivity contribution in [1.82, 2.24) is 16.0 Å². The highest BCUT2D eigenvalue weighted by Gasteiger charge is 2.27. The first kappa shape index (κ1) is 22.1. The summed E-state index contributed by atoms with van der Waals surface area (Å²) in [6.45, 7) is 1.36. The largest absolute Gasteiger partial charge is 0.451 e. The van der Waals surface area contributed by atoms with Gasteiger partial charge >= 0.3 is 18.0 Å². The van der Waals surface area contributed by atoms with Crippen molar-refractivity contribution in [1.29, 1.82) is 0 Å². The number of thioether (sulfide) groups is 1. The summed E-state index contributed by atoms with van der Waals surface area (Å²) in [6.07, 6.45) is 6.04. The summed E-state index contributed by atoms with van der Waals surface area (Å²) in [5.74, 6) is -0.896. The van der Waals surface area contributed by atoms with E-state index in [9.17, 15) is 19.2 Å². The van der Waals surface area contributed by atoms with Gasteiger partial charge in [-0.2, -0.15) is 11.8 Å². The summed E-state index contributed by atoms with van der Waals surface area (Å²) < 4.78 is 5.05. The van der Waals surface area contributed by atoms with Crippen LogP contribution in [0, 0.1) is 0 Å². The van der Waals surface area contributed by atoms with Gasteiger partial charge in [-0.1, -0.05) is 19.3 Å². The van der Waals surface area contributed by atoms with Crippen LogP contribution in [0.25, 0.3) is 0 Å². The van der Waals surface area contributed by atoms with E-state index in [4.69, 9.17) is 10.5 Å². The minimum atomic E-state index is -1.17. The lowest BCUT2D eigenvalue weighted by atomic mass is 9.96. The number of hydrogen-bond donors (Lipinski definition) is 4. The molecule has 2 atom stereocenters. The van der Waals surface area contributed by atoms with Crippen LogP contribution in [0.15, 0.2) is 0 Å². The van der Waals surface area contributed by atoms with Crippen molar-refractivity contribution in [2.75, 3.05) is 12.0 Å². The van der Waals surface area contributed by atoms with E-state index in [0.717, 1.165) is 32.1 Å². The molecule has 10 heteroatoms. The van der Waals surface area contributed by atoms with E-state index >= 15 is 0 Å². The molecule has 1 aliphatic carbocycles.